The first-order chi connectivity index (χ1) is 9.69. The molecule has 0 amide bonds. The summed E-state index contributed by atoms with van der Waals surface area (Å²) in [4.78, 5) is 0. The average molecular weight is 340 g/mol. The van der Waals surface area contributed by atoms with Crippen LogP contribution in [0.2, 0.25) is 0 Å². The van der Waals surface area contributed by atoms with Crippen molar-refractivity contribution in [3.63, 3.8) is 0 Å². The number of aryl methyl sites for hydroxylation is 1. The summed E-state index contributed by atoms with van der Waals surface area (Å²) in [6, 6.07) is 7.26. The van der Waals surface area contributed by atoms with E-state index >= 15 is 0 Å². The second-order valence-corrected chi connectivity index (χ2v) is 6.53. The maximum atomic E-state index is 3.65. The second-order valence-electron chi connectivity index (χ2n) is 5.68. The Morgan fingerprint density at radius 1 is 1.05 bits per heavy atom. The molecule has 0 saturated carbocycles. The maximum Gasteiger partial charge on any atom is 0.0320 e. The van der Waals surface area contributed by atoms with E-state index in [-0.39, 0.29) is 0 Å². The van der Waals surface area contributed by atoms with Crippen LogP contribution in [0, 0.1) is 6.92 Å². The Morgan fingerprint density at radius 2 is 1.75 bits per heavy atom. The molecule has 1 N–H and O–H groups in total. The standard InChI is InChI=1S/C18H30BrN/c1-4-6-7-8-9-10-11-18(20-5-2)16-13-12-15(3)17(19)14-16/h12-14,18,20H,4-11H2,1-3H3. The predicted octanol–water partition coefficient (Wildman–Crippen LogP) is 6.16. The quantitative estimate of drug-likeness (QED) is 0.503. The summed E-state index contributed by atoms with van der Waals surface area (Å²) in [6.07, 6.45) is 9.46. The Morgan fingerprint density at radius 3 is 2.40 bits per heavy atom. The van der Waals surface area contributed by atoms with Crippen LogP contribution in [-0.4, -0.2) is 6.54 Å². The van der Waals surface area contributed by atoms with Gasteiger partial charge in [0.15, 0.2) is 0 Å². The molecule has 114 valence electrons. The molecule has 0 saturated heterocycles. The molecule has 0 aliphatic carbocycles. The zero-order valence-electron chi connectivity index (χ0n) is 13.3. The van der Waals surface area contributed by atoms with Gasteiger partial charge in [-0.25, -0.2) is 0 Å². The van der Waals surface area contributed by atoms with Crippen molar-refractivity contribution in [1.29, 1.82) is 0 Å². The first-order valence-corrected chi connectivity index (χ1v) is 8.97. The number of rotatable bonds is 10. The van der Waals surface area contributed by atoms with Gasteiger partial charge in [0.1, 0.15) is 0 Å². The fraction of sp³-hybridized carbons (Fsp3) is 0.667. The van der Waals surface area contributed by atoms with Crippen LogP contribution in [0.4, 0.5) is 0 Å². The van der Waals surface area contributed by atoms with Gasteiger partial charge < -0.3 is 5.32 Å². The summed E-state index contributed by atoms with van der Waals surface area (Å²) in [7, 11) is 0. The lowest BCUT2D eigenvalue weighted by Gasteiger charge is -2.19. The van der Waals surface area contributed by atoms with Crippen LogP contribution < -0.4 is 5.32 Å². The predicted molar refractivity (Wildman–Crippen MR) is 93.3 cm³/mol. The van der Waals surface area contributed by atoms with Gasteiger partial charge in [0.25, 0.3) is 0 Å². The summed E-state index contributed by atoms with van der Waals surface area (Å²) in [5.41, 5.74) is 2.72. The van der Waals surface area contributed by atoms with Crippen LogP contribution in [0.3, 0.4) is 0 Å². The molecule has 2 heteroatoms. The van der Waals surface area contributed by atoms with Crippen molar-refractivity contribution in [2.24, 2.45) is 0 Å². The van der Waals surface area contributed by atoms with Crippen molar-refractivity contribution >= 4 is 15.9 Å². The largest absolute Gasteiger partial charge is 0.310 e. The molecule has 0 aliphatic heterocycles. The molecule has 1 aromatic carbocycles. The fourth-order valence-corrected chi connectivity index (χ4v) is 2.98. The van der Waals surface area contributed by atoms with Gasteiger partial charge in [-0.2, -0.15) is 0 Å². The molecule has 0 bridgehead atoms. The fourth-order valence-electron chi connectivity index (χ4n) is 2.59. The Kier molecular flexibility index (Phi) is 9.21. The lowest BCUT2D eigenvalue weighted by molar-refractivity contribution is 0.477. The van der Waals surface area contributed by atoms with E-state index in [1.165, 1.54) is 60.5 Å². The molecule has 1 rings (SSSR count). The van der Waals surface area contributed by atoms with E-state index in [1.54, 1.807) is 0 Å². The van der Waals surface area contributed by atoms with Gasteiger partial charge >= 0.3 is 0 Å². The van der Waals surface area contributed by atoms with Crippen molar-refractivity contribution < 1.29 is 0 Å². The molecule has 0 aromatic heterocycles. The van der Waals surface area contributed by atoms with Crippen molar-refractivity contribution in [2.75, 3.05) is 6.54 Å². The van der Waals surface area contributed by atoms with Gasteiger partial charge in [0, 0.05) is 10.5 Å². The molecule has 1 nitrogen and oxygen atoms in total. The van der Waals surface area contributed by atoms with Crippen LogP contribution in [0.5, 0.6) is 0 Å². The highest BCUT2D eigenvalue weighted by Crippen LogP contribution is 2.25. The summed E-state index contributed by atoms with van der Waals surface area (Å²) >= 11 is 3.65. The average Bonchev–Trinajstić information content (AvgIpc) is 2.44. The Labute approximate surface area is 133 Å². The van der Waals surface area contributed by atoms with Gasteiger partial charge in [-0.05, 0) is 37.1 Å². The van der Waals surface area contributed by atoms with Crippen molar-refractivity contribution in [1.82, 2.24) is 5.32 Å². The molecule has 1 atom stereocenters. The van der Waals surface area contributed by atoms with E-state index in [0.29, 0.717) is 6.04 Å². The summed E-state index contributed by atoms with van der Waals surface area (Å²) in [5, 5.41) is 3.63. The van der Waals surface area contributed by atoms with E-state index in [9.17, 15) is 0 Å². The molecule has 20 heavy (non-hydrogen) atoms. The van der Waals surface area contributed by atoms with Crippen LogP contribution in [-0.2, 0) is 0 Å². The molecule has 1 aromatic rings. The second kappa shape index (κ2) is 10.4. The smallest absolute Gasteiger partial charge is 0.0320 e. The van der Waals surface area contributed by atoms with Gasteiger partial charge in [-0.15, -0.1) is 0 Å². The lowest BCUT2D eigenvalue weighted by atomic mass is 9.98. The lowest BCUT2D eigenvalue weighted by Crippen LogP contribution is -2.20. The van der Waals surface area contributed by atoms with E-state index < -0.39 is 0 Å². The van der Waals surface area contributed by atoms with Gasteiger partial charge in [0.2, 0.25) is 0 Å². The first kappa shape index (κ1) is 17.7. The number of benzene rings is 1. The minimum atomic E-state index is 0.503. The Balaban J connectivity index is 2.45. The molecular formula is C18H30BrN. The SMILES string of the molecule is CCCCCCCCC(NCC)c1ccc(C)c(Br)c1. The van der Waals surface area contributed by atoms with Crippen LogP contribution >= 0.6 is 15.9 Å². The maximum absolute atomic E-state index is 3.65. The normalized spacial score (nSPS) is 12.6. The van der Waals surface area contributed by atoms with Gasteiger partial charge in [-0.1, -0.05) is 80.4 Å². The summed E-state index contributed by atoms with van der Waals surface area (Å²) < 4.78 is 1.22. The van der Waals surface area contributed by atoms with Crippen LogP contribution in [0.15, 0.2) is 22.7 Å². The number of nitrogens with one attached hydrogen (secondary N) is 1. The van der Waals surface area contributed by atoms with E-state index in [1.807, 2.05) is 0 Å². The molecule has 0 heterocycles. The zero-order valence-corrected chi connectivity index (χ0v) is 14.9. The molecule has 0 radical (unpaired) electrons. The summed E-state index contributed by atoms with van der Waals surface area (Å²) in [6.45, 7) is 7.64. The Bertz CT molecular complexity index is 376. The van der Waals surface area contributed by atoms with Crippen molar-refractivity contribution in [3.05, 3.63) is 33.8 Å². The third-order valence-corrected chi connectivity index (χ3v) is 4.75. The van der Waals surface area contributed by atoms with Crippen molar-refractivity contribution in [2.45, 2.75) is 71.8 Å². The highest BCUT2D eigenvalue weighted by molar-refractivity contribution is 9.10. The minimum Gasteiger partial charge on any atom is -0.310 e. The Hall–Kier alpha value is -0.340. The molecular weight excluding hydrogens is 310 g/mol. The molecule has 1 unspecified atom stereocenters. The van der Waals surface area contributed by atoms with Gasteiger partial charge in [-0.3, -0.25) is 0 Å². The number of hydrogen-bond donors (Lipinski definition) is 1. The zero-order chi connectivity index (χ0) is 14.8. The highest BCUT2D eigenvalue weighted by Gasteiger charge is 2.10. The van der Waals surface area contributed by atoms with E-state index in [4.69, 9.17) is 0 Å². The van der Waals surface area contributed by atoms with Crippen molar-refractivity contribution in [3.8, 4) is 0 Å². The molecule has 0 fully saturated rings. The third kappa shape index (κ3) is 6.41. The van der Waals surface area contributed by atoms with Gasteiger partial charge in [0.05, 0.1) is 0 Å². The van der Waals surface area contributed by atoms with Crippen LogP contribution in [0.25, 0.3) is 0 Å². The minimum absolute atomic E-state index is 0.503. The van der Waals surface area contributed by atoms with E-state index in [2.05, 4.69) is 60.2 Å². The van der Waals surface area contributed by atoms with E-state index in [0.717, 1.165) is 6.54 Å². The highest BCUT2D eigenvalue weighted by atomic mass is 79.9. The number of halogens is 1. The molecule has 0 spiro atoms. The summed E-state index contributed by atoms with van der Waals surface area (Å²) in [5.74, 6) is 0. The monoisotopic (exact) mass is 339 g/mol. The first-order valence-electron chi connectivity index (χ1n) is 8.18. The third-order valence-electron chi connectivity index (χ3n) is 3.90. The number of unbranched alkanes of at least 4 members (excludes halogenated alkanes) is 5. The van der Waals surface area contributed by atoms with Crippen LogP contribution in [0.1, 0.15) is 76.0 Å². The number of hydrogen-bond acceptors (Lipinski definition) is 1. The topological polar surface area (TPSA) is 12.0 Å². The molecule has 0 aliphatic rings.